The molecule has 0 bridgehead atoms. The van der Waals surface area contributed by atoms with Crippen molar-refractivity contribution in [1.82, 2.24) is 4.57 Å². The van der Waals surface area contributed by atoms with E-state index in [0.29, 0.717) is 18.4 Å². The minimum absolute atomic E-state index is 0.185. The molecule has 2 rings (SSSR count). The summed E-state index contributed by atoms with van der Waals surface area (Å²) in [7, 11) is 0. The Morgan fingerprint density at radius 2 is 2.19 bits per heavy atom. The number of aromatic nitrogens is 1. The van der Waals surface area contributed by atoms with Crippen LogP contribution in [0.4, 0.5) is 4.39 Å². The second kappa shape index (κ2) is 4.47. The highest BCUT2D eigenvalue weighted by Crippen LogP contribution is 2.19. The molecule has 0 N–H and O–H groups in total. The van der Waals surface area contributed by atoms with Crippen molar-refractivity contribution in [1.29, 1.82) is 0 Å². The Labute approximate surface area is 93.7 Å². The smallest absolute Gasteiger partial charge is 0.152 e. The first-order chi connectivity index (χ1) is 7.72. The van der Waals surface area contributed by atoms with Gasteiger partial charge in [-0.1, -0.05) is 13.0 Å². The highest BCUT2D eigenvalue weighted by atomic mass is 19.1. The fourth-order valence-electron chi connectivity index (χ4n) is 1.87. The quantitative estimate of drug-likeness (QED) is 0.774. The number of rotatable bonds is 4. The van der Waals surface area contributed by atoms with Crippen LogP contribution in [0.2, 0.25) is 0 Å². The van der Waals surface area contributed by atoms with Crippen LogP contribution in [0.25, 0.3) is 10.9 Å². The Morgan fingerprint density at radius 3 is 2.94 bits per heavy atom. The highest BCUT2D eigenvalue weighted by molar-refractivity contribution is 5.84. The molecular formula is C13H14FNO. The summed E-state index contributed by atoms with van der Waals surface area (Å²) in [4.78, 5) is 11.5. The molecule has 1 heterocycles. The van der Waals surface area contributed by atoms with Crippen molar-refractivity contribution in [3.63, 3.8) is 0 Å². The lowest BCUT2D eigenvalue weighted by atomic mass is 10.2. The number of fused-ring (bicyclic) bond motifs is 1. The second-order valence-corrected chi connectivity index (χ2v) is 3.90. The number of hydrogen-bond acceptors (Lipinski definition) is 1. The molecule has 0 amide bonds. The van der Waals surface area contributed by atoms with E-state index in [1.165, 1.54) is 6.07 Å². The van der Waals surface area contributed by atoms with Gasteiger partial charge in [-0.25, -0.2) is 4.39 Å². The summed E-state index contributed by atoms with van der Waals surface area (Å²) in [6.07, 6.45) is 3.20. The third kappa shape index (κ3) is 1.98. The van der Waals surface area contributed by atoms with E-state index in [-0.39, 0.29) is 11.6 Å². The van der Waals surface area contributed by atoms with Gasteiger partial charge in [0.1, 0.15) is 5.82 Å². The lowest BCUT2D eigenvalue weighted by molar-refractivity contribution is -0.119. The zero-order valence-corrected chi connectivity index (χ0v) is 9.24. The van der Waals surface area contributed by atoms with Crippen molar-refractivity contribution in [2.75, 3.05) is 0 Å². The van der Waals surface area contributed by atoms with E-state index in [1.54, 1.807) is 22.9 Å². The van der Waals surface area contributed by atoms with E-state index in [1.807, 2.05) is 13.0 Å². The molecule has 84 valence electrons. The predicted octanol–water partition coefficient (Wildman–Crippen LogP) is 3.15. The fraction of sp³-hybridized carbons (Fsp3) is 0.308. The summed E-state index contributed by atoms with van der Waals surface area (Å²) in [6, 6.07) is 6.64. The summed E-state index contributed by atoms with van der Waals surface area (Å²) in [5.74, 6) is -0.0524. The first-order valence-electron chi connectivity index (χ1n) is 5.47. The van der Waals surface area contributed by atoms with Gasteiger partial charge in [0.2, 0.25) is 0 Å². The molecule has 2 aromatic rings. The number of hydrogen-bond donors (Lipinski definition) is 0. The van der Waals surface area contributed by atoms with Gasteiger partial charge in [0.15, 0.2) is 5.78 Å². The summed E-state index contributed by atoms with van der Waals surface area (Å²) < 4.78 is 15.2. The Bertz CT molecular complexity index is 516. The molecule has 3 heteroatoms. The number of Topliss-reactive ketones (excluding diaryl/α,β-unsaturated/α-hetero) is 1. The maximum Gasteiger partial charge on any atom is 0.152 e. The number of nitrogens with zero attached hydrogens (tertiary/aromatic N) is 1. The van der Waals surface area contributed by atoms with E-state index >= 15 is 0 Å². The van der Waals surface area contributed by atoms with Gasteiger partial charge in [-0.3, -0.25) is 4.79 Å². The van der Waals surface area contributed by atoms with Gasteiger partial charge in [-0.15, -0.1) is 0 Å². The van der Waals surface area contributed by atoms with Crippen molar-refractivity contribution >= 4 is 16.7 Å². The van der Waals surface area contributed by atoms with Crippen LogP contribution in [0.15, 0.2) is 30.5 Å². The van der Waals surface area contributed by atoms with Gasteiger partial charge in [0.25, 0.3) is 0 Å². The number of carbonyl (C=O) groups is 1. The van der Waals surface area contributed by atoms with Gasteiger partial charge >= 0.3 is 0 Å². The Hall–Kier alpha value is -1.64. The van der Waals surface area contributed by atoms with E-state index < -0.39 is 0 Å². The monoisotopic (exact) mass is 219 g/mol. The topological polar surface area (TPSA) is 22.0 Å². The third-order valence-corrected chi connectivity index (χ3v) is 2.64. The van der Waals surface area contributed by atoms with Gasteiger partial charge in [-0.05, 0) is 24.6 Å². The van der Waals surface area contributed by atoms with Crippen molar-refractivity contribution < 1.29 is 9.18 Å². The SMILES string of the molecule is CCCC(=O)Cn1ccc2c(F)cccc21. The molecule has 0 radical (unpaired) electrons. The Kier molecular flexibility index (Phi) is 3.04. The molecule has 0 aliphatic rings. The second-order valence-electron chi connectivity index (χ2n) is 3.90. The normalized spacial score (nSPS) is 10.9. The molecule has 2 nitrogen and oxygen atoms in total. The molecule has 0 fully saturated rings. The molecule has 16 heavy (non-hydrogen) atoms. The average Bonchev–Trinajstić information content (AvgIpc) is 2.64. The van der Waals surface area contributed by atoms with Gasteiger partial charge in [-0.2, -0.15) is 0 Å². The molecule has 0 saturated carbocycles. The van der Waals surface area contributed by atoms with E-state index in [4.69, 9.17) is 0 Å². The maximum atomic E-state index is 13.4. The first kappa shape index (κ1) is 10.9. The van der Waals surface area contributed by atoms with Crippen LogP contribution in [0, 0.1) is 5.82 Å². The molecule has 0 aliphatic heterocycles. The maximum absolute atomic E-state index is 13.4. The molecule has 0 atom stereocenters. The number of carbonyl (C=O) groups excluding carboxylic acids is 1. The van der Waals surface area contributed by atoms with Crippen LogP contribution in [0.5, 0.6) is 0 Å². The fourth-order valence-corrected chi connectivity index (χ4v) is 1.87. The van der Waals surface area contributed by atoms with Crippen LogP contribution in [-0.2, 0) is 11.3 Å². The van der Waals surface area contributed by atoms with Crippen LogP contribution < -0.4 is 0 Å². The molecule has 0 aliphatic carbocycles. The lowest BCUT2D eigenvalue weighted by Gasteiger charge is -2.03. The van der Waals surface area contributed by atoms with Gasteiger partial charge < -0.3 is 4.57 Å². The van der Waals surface area contributed by atoms with Crippen molar-refractivity contribution in [2.45, 2.75) is 26.3 Å². The van der Waals surface area contributed by atoms with Crippen molar-refractivity contribution in [3.05, 3.63) is 36.3 Å². The van der Waals surface area contributed by atoms with Gasteiger partial charge in [0, 0.05) is 18.0 Å². The summed E-state index contributed by atoms with van der Waals surface area (Å²) >= 11 is 0. The molecule has 0 saturated heterocycles. The summed E-state index contributed by atoms with van der Waals surface area (Å²) in [6.45, 7) is 2.31. The summed E-state index contributed by atoms with van der Waals surface area (Å²) in [5.41, 5.74) is 0.782. The zero-order valence-electron chi connectivity index (χ0n) is 9.24. The largest absolute Gasteiger partial charge is 0.340 e. The van der Waals surface area contributed by atoms with Crippen LogP contribution in [-0.4, -0.2) is 10.4 Å². The van der Waals surface area contributed by atoms with Crippen LogP contribution in [0.3, 0.4) is 0 Å². The minimum Gasteiger partial charge on any atom is -0.340 e. The average molecular weight is 219 g/mol. The lowest BCUT2D eigenvalue weighted by Crippen LogP contribution is -2.08. The molecular weight excluding hydrogens is 205 g/mol. The number of benzene rings is 1. The molecule has 1 aromatic heterocycles. The van der Waals surface area contributed by atoms with E-state index in [9.17, 15) is 9.18 Å². The first-order valence-corrected chi connectivity index (χ1v) is 5.47. The predicted molar refractivity (Wildman–Crippen MR) is 61.8 cm³/mol. The van der Waals surface area contributed by atoms with E-state index in [0.717, 1.165) is 11.9 Å². The Balaban J connectivity index is 2.32. The zero-order chi connectivity index (χ0) is 11.5. The Morgan fingerprint density at radius 1 is 1.38 bits per heavy atom. The van der Waals surface area contributed by atoms with Crippen LogP contribution in [0.1, 0.15) is 19.8 Å². The highest BCUT2D eigenvalue weighted by Gasteiger charge is 2.07. The van der Waals surface area contributed by atoms with Crippen LogP contribution >= 0.6 is 0 Å². The third-order valence-electron chi connectivity index (χ3n) is 2.64. The van der Waals surface area contributed by atoms with E-state index in [2.05, 4.69) is 0 Å². The minimum atomic E-state index is -0.237. The molecule has 0 spiro atoms. The molecule has 1 aromatic carbocycles. The standard InChI is InChI=1S/C13H14FNO/c1-2-4-10(16)9-15-8-7-11-12(14)5-3-6-13(11)15/h3,5-8H,2,4,9H2,1H3. The van der Waals surface area contributed by atoms with Crippen molar-refractivity contribution in [2.24, 2.45) is 0 Å². The molecule has 0 unspecified atom stereocenters. The van der Waals surface area contributed by atoms with Crippen molar-refractivity contribution in [3.8, 4) is 0 Å². The van der Waals surface area contributed by atoms with Gasteiger partial charge in [0.05, 0.1) is 12.1 Å². The number of ketones is 1. The summed E-state index contributed by atoms with van der Waals surface area (Å²) in [5, 5.41) is 0.576. The number of halogens is 1.